The molecule has 2 aromatic rings. The minimum Gasteiger partial charge on any atom is -0.465 e. The number of anilines is 1. The van der Waals surface area contributed by atoms with Gasteiger partial charge in [0.2, 0.25) is 5.91 Å². The molecule has 10 heteroatoms. The molecular formula is C18H21ClN4O5. The number of esters is 1. The van der Waals surface area contributed by atoms with Crippen molar-refractivity contribution in [2.24, 2.45) is 5.92 Å². The third-order valence-corrected chi connectivity index (χ3v) is 4.71. The van der Waals surface area contributed by atoms with E-state index in [2.05, 4.69) is 20.8 Å². The highest BCUT2D eigenvalue weighted by Crippen LogP contribution is 2.25. The van der Waals surface area contributed by atoms with Crippen molar-refractivity contribution in [3.63, 3.8) is 0 Å². The maximum atomic E-state index is 12.2. The van der Waals surface area contributed by atoms with Gasteiger partial charge in [-0.15, -0.1) is 0 Å². The fraction of sp³-hybridized carbons (Fsp3) is 0.444. The lowest BCUT2D eigenvalue weighted by atomic mass is 10.00. The summed E-state index contributed by atoms with van der Waals surface area (Å²) >= 11 is 6.19. The molecule has 0 spiro atoms. The molecule has 1 aliphatic rings. The number of ether oxygens (including phenoxy) is 3. The fourth-order valence-electron chi connectivity index (χ4n) is 2.96. The zero-order valence-corrected chi connectivity index (χ0v) is 16.3. The quantitative estimate of drug-likeness (QED) is 0.552. The van der Waals surface area contributed by atoms with Gasteiger partial charge < -0.3 is 14.2 Å². The third kappa shape index (κ3) is 4.49. The molecule has 1 saturated heterocycles. The van der Waals surface area contributed by atoms with E-state index in [4.69, 9.17) is 25.8 Å². The maximum Gasteiger partial charge on any atom is 0.338 e. The lowest BCUT2D eigenvalue weighted by molar-refractivity contribution is -0.127. The van der Waals surface area contributed by atoms with Crippen molar-refractivity contribution in [1.29, 1.82) is 0 Å². The Balaban J connectivity index is 1.84. The zero-order valence-electron chi connectivity index (χ0n) is 15.6. The van der Waals surface area contributed by atoms with E-state index in [-0.39, 0.29) is 29.4 Å². The molecular weight excluding hydrogens is 388 g/mol. The number of fused-ring (bicyclic) bond motifs is 1. The molecule has 1 aromatic heterocycles. The first-order valence-corrected chi connectivity index (χ1v) is 9.12. The first-order valence-electron chi connectivity index (χ1n) is 8.74. The number of halogens is 1. The molecule has 1 amide bonds. The summed E-state index contributed by atoms with van der Waals surface area (Å²) in [6, 6.07) is 3.23. The van der Waals surface area contributed by atoms with Crippen molar-refractivity contribution in [3.05, 3.63) is 28.4 Å². The van der Waals surface area contributed by atoms with E-state index >= 15 is 0 Å². The monoisotopic (exact) mass is 408 g/mol. The number of nitrogens with zero attached hydrogens (tertiary/aromatic N) is 2. The molecule has 1 aromatic carbocycles. The second kappa shape index (κ2) is 9.13. The van der Waals surface area contributed by atoms with Crippen LogP contribution in [0.2, 0.25) is 5.15 Å². The Labute approximate surface area is 166 Å². The minimum atomic E-state index is -0.502. The predicted molar refractivity (Wildman–Crippen MR) is 102 cm³/mol. The number of carbonyl (C=O) groups is 2. The summed E-state index contributed by atoms with van der Waals surface area (Å²) in [5, 5.41) is 0.0649. The summed E-state index contributed by atoms with van der Waals surface area (Å²) in [4.78, 5) is 32.9. The van der Waals surface area contributed by atoms with Crippen molar-refractivity contribution < 1.29 is 23.8 Å². The lowest BCUT2D eigenvalue weighted by Crippen LogP contribution is -2.38. The Morgan fingerprint density at radius 1 is 1.21 bits per heavy atom. The summed E-state index contributed by atoms with van der Waals surface area (Å²) in [7, 11) is 2.83. The number of nitrogens with one attached hydrogen (secondary N) is 2. The molecule has 1 aliphatic heterocycles. The average Bonchev–Trinajstić information content (AvgIpc) is 2.72. The van der Waals surface area contributed by atoms with Crippen LogP contribution in [0.1, 0.15) is 28.8 Å². The van der Waals surface area contributed by atoms with Gasteiger partial charge in [-0.25, -0.2) is 14.8 Å². The summed E-state index contributed by atoms with van der Waals surface area (Å²) in [5.41, 5.74) is 7.21. The van der Waals surface area contributed by atoms with Gasteiger partial charge in [0.05, 0.1) is 30.3 Å². The molecule has 2 heterocycles. The van der Waals surface area contributed by atoms with Crippen LogP contribution in [-0.4, -0.2) is 49.3 Å². The van der Waals surface area contributed by atoms with Crippen molar-refractivity contribution in [2.45, 2.75) is 19.4 Å². The van der Waals surface area contributed by atoms with Crippen LogP contribution in [0.25, 0.3) is 11.0 Å². The Kier molecular flexibility index (Phi) is 6.61. The molecule has 150 valence electrons. The normalized spacial score (nSPS) is 14.7. The molecule has 0 aliphatic carbocycles. The number of hydrazine groups is 1. The van der Waals surface area contributed by atoms with Gasteiger partial charge in [-0.05, 0) is 30.5 Å². The van der Waals surface area contributed by atoms with Gasteiger partial charge >= 0.3 is 5.97 Å². The second-order valence-corrected chi connectivity index (χ2v) is 6.64. The molecule has 0 unspecified atom stereocenters. The Morgan fingerprint density at radius 3 is 2.61 bits per heavy atom. The third-order valence-electron chi connectivity index (χ3n) is 4.45. The Bertz CT molecular complexity index is 886. The van der Waals surface area contributed by atoms with Gasteiger partial charge in [0.1, 0.15) is 0 Å². The van der Waals surface area contributed by atoms with Crippen LogP contribution in [0.3, 0.4) is 0 Å². The van der Waals surface area contributed by atoms with E-state index < -0.39 is 5.97 Å². The number of amides is 1. The first-order chi connectivity index (χ1) is 13.5. The molecule has 0 saturated carbocycles. The van der Waals surface area contributed by atoms with Crippen LogP contribution >= 0.6 is 11.6 Å². The van der Waals surface area contributed by atoms with E-state index in [1.165, 1.54) is 14.2 Å². The number of rotatable bonds is 6. The fourth-order valence-corrected chi connectivity index (χ4v) is 3.14. The topological polar surface area (TPSA) is 112 Å². The van der Waals surface area contributed by atoms with Crippen LogP contribution in [0.5, 0.6) is 0 Å². The number of carbonyl (C=O) groups excluding carboxylic acids is 2. The highest BCUT2D eigenvalue weighted by molar-refractivity contribution is 6.32. The Morgan fingerprint density at radius 2 is 1.93 bits per heavy atom. The lowest BCUT2D eigenvalue weighted by Gasteiger charge is -2.21. The van der Waals surface area contributed by atoms with Gasteiger partial charge in [0.15, 0.2) is 11.0 Å². The molecule has 0 radical (unpaired) electrons. The number of hydrogen-bond acceptors (Lipinski definition) is 8. The van der Waals surface area contributed by atoms with Crippen LogP contribution in [0, 0.1) is 5.92 Å². The molecule has 0 bridgehead atoms. The number of aromatic nitrogens is 2. The zero-order chi connectivity index (χ0) is 20.1. The number of benzene rings is 1. The van der Waals surface area contributed by atoms with Gasteiger partial charge in [-0.1, -0.05) is 11.6 Å². The molecule has 2 N–H and O–H groups in total. The largest absolute Gasteiger partial charge is 0.465 e. The van der Waals surface area contributed by atoms with Gasteiger partial charge in [-0.3, -0.25) is 15.6 Å². The van der Waals surface area contributed by atoms with Crippen LogP contribution in [-0.2, 0) is 25.6 Å². The van der Waals surface area contributed by atoms with E-state index in [1.807, 2.05) is 0 Å². The molecule has 1 fully saturated rings. The SMILES string of the molecule is COCc1cc2nc(NNC(=O)C3CCOCC3)c(Cl)nc2cc1C(=O)OC. The number of hydrogen-bond donors (Lipinski definition) is 2. The molecule has 3 rings (SSSR count). The smallest absolute Gasteiger partial charge is 0.338 e. The standard InChI is InChI=1S/C18H21ClN4O5/c1-26-9-11-7-13-14(8-12(11)18(25)27-2)20-15(19)16(21-13)22-23-17(24)10-3-5-28-6-4-10/h7-8,10H,3-6,9H2,1-2H3,(H,21,22)(H,23,24). The van der Waals surface area contributed by atoms with E-state index in [0.717, 1.165) is 0 Å². The summed E-state index contributed by atoms with van der Waals surface area (Å²) in [6.45, 7) is 1.34. The average molecular weight is 409 g/mol. The van der Waals surface area contributed by atoms with E-state index in [1.54, 1.807) is 12.1 Å². The van der Waals surface area contributed by atoms with Crippen molar-refractivity contribution in [3.8, 4) is 0 Å². The molecule has 9 nitrogen and oxygen atoms in total. The highest BCUT2D eigenvalue weighted by atomic mass is 35.5. The summed E-state index contributed by atoms with van der Waals surface area (Å²) in [6.07, 6.45) is 1.34. The summed E-state index contributed by atoms with van der Waals surface area (Å²) < 4.78 is 15.2. The number of methoxy groups -OCH3 is 2. The van der Waals surface area contributed by atoms with Crippen LogP contribution in [0.15, 0.2) is 12.1 Å². The van der Waals surface area contributed by atoms with Gasteiger partial charge in [-0.2, -0.15) is 0 Å². The summed E-state index contributed by atoms with van der Waals surface area (Å²) in [5.74, 6) is -0.562. The van der Waals surface area contributed by atoms with Gasteiger partial charge in [0.25, 0.3) is 0 Å². The van der Waals surface area contributed by atoms with Crippen LogP contribution < -0.4 is 10.9 Å². The molecule has 28 heavy (non-hydrogen) atoms. The second-order valence-electron chi connectivity index (χ2n) is 6.29. The predicted octanol–water partition coefficient (Wildman–Crippen LogP) is 2.09. The minimum absolute atomic E-state index is 0.0649. The Hall–Kier alpha value is -2.49. The van der Waals surface area contributed by atoms with Gasteiger partial charge in [0, 0.05) is 26.2 Å². The van der Waals surface area contributed by atoms with Crippen molar-refractivity contribution in [2.75, 3.05) is 32.9 Å². The van der Waals surface area contributed by atoms with Crippen LogP contribution in [0.4, 0.5) is 5.82 Å². The maximum absolute atomic E-state index is 12.2. The van der Waals surface area contributed by atoms with Crippen molar-refractivity contribution >= 4 is 40.3 Å². The van der Waals surface area contributed by atoms with E-state index in [9.17, 15) is 9.59 Å². The van der Waals surface area contributed by atoms with Crippen molar-refractivity contribution in [1.82, 2.24) is 15.4 Å². The first kappa shape index (κ1) is 20.2. The van der Waals surface area contributed by atoms with E-state index in [0.29, 0.717) is 48.2 Å². The molecule has 0 atom stereocenters. The highest BCUT2D eigenvalue weighted by Gasteiger charge is 2.22.